The van der Waals surface area contributed by atoms with E-state index in [1.807, 2.05) is 195 Å². The minimum Gasteiger partial charge on any atom is -1.00 e. The maximum atomic E-state index is 12.7. The number of carboxylic acid groups (broad SMARTS) is 1. The molecule has 0 atom stereocenters. The third kappa shape index (κ3) is 29.6. The SMILES string of the molecule is C.CN(C)/C=C/C(=O)c1cnc2ccccn12.COC(=O)c1cccc(N=C(N)N)c1.COC(=O)c1cccc(Nc2nccc(-c3cnc4ccccn34)n2)c1.Nc1ccccc1NC(=O)c1cccc(Nc2nccc(-c3cnc4ccccn34)n2)c1.O=C(NO)c1cccc(Nc2nccc(-c3cnc4ccccn34)n2)c1.O=C(O)c1cccc(Nc2nccc(-c3cnc4ccccn34)n2)c1.O=CO[O-].[H-].[K+].[K+]. The van der Waals surface area contributed by atoms with Crippen molar-refractivity contribution in [2.24, 2.45) is 16.5 Å². The number of benzene rings is 6. The number of carbonyl (C=O) groups is 7. The maximum Gasteiger partial charge on any atom is 1.00 e. The van der Waals surface area contributed by atoms with Gasteiger partial charge in [0.25, 0.3) is 18.3 Å². The fourth-order valence-corrected chi connectivity index (χ4v) is 13.6. The number of pyridine rings is 5. The summed E-state index contributed by atoms with van der Waals surface area (Å²) in [7, 11) is 6.41. The normalized spacial score (nSPS) is 10.2. The van der Waals surface area contributed by atoms with Gasteiger partial charge in [0.2, 0.25) is 29.6 Å². The number of nitrogens with one attached hydrogen (secondary N) is 6. The standard InChI is InChI=1S/C24H19N7O.C19H15N5O2.C18H14N6O2.C18H13N5O2.C12H13N3O.C9H11N3O2.CH2O3.CH4.2K.H/c25-18-8-1-2-9-19(18)29-23(32)16-6-5-7-17(14-16)28-24-26-12-11-20(30-24)21-15-27-22-10-3-4-13-31(21)22;1-26-18(25)13-5-4-6-14(11-13)22-19-20-9-8-15(23-19)16-12-21-17-7-2-3-10-24(16)17;25-17(23-26)12-4-3-5-13(10-12)21-18-19-8-7-14(22-18)15-11-20-16-6-1-2-9-24(15)16;24-17(25)12-4-3-5-13(10-12)21-18-19-8-7-14(22-18)15-11-20-16-6-1-2-9-23(15)16;1-14(2)8-6-11(16)10-9-13-12-5-3-4-7-15(10)12;1-14-8(13)6-3-2-4-7(5-6)12-9(10)11;2-1-4-3;;;;/h1-15H,25H2,(H,29,32)(H,26,28,30);2-12H,1H3,(H,20,22,23);1-11,26H,(H,23,25)(H,19,21,22);1-11H,(H,24,25)(H,19,21,22);3-9H,1-2H3;2-5H,1H3,(H4,10,11,12);1,3H;1H4;;;/q;;;;;;;;2*+1;-1/p-1/b;;;;8-6+;;;;;;. The summed E-state index contributed by atoms with van der Waals surface area (Å²) in [5.41, 5.74) is 35.0. The van der Waals surface area contributed by atoms with E-state index in [1.54, 1.807) is 193 Å². The van der Waals surface area contributed by atoms with Crippen LogP contribution in [0.4, 0.5) is 63.6 Å². The van der Waals surface area contributed by atoms with E-state index in [1.165, 1.54) is 32.4 Å². The number of amides is 2. The summed E-state index contributed by atoms with van der Waals surface area (Å²) in [6.07, 6.45) is 28.1. The Bertz CT molecular complexity index is 7820. The molecule has 14 N–H and O–H groups in total. The number of aromatic nitrogens is 18. The molecule has 14 heterocycles. The fraction of sp³-hybridized carbons (Fsp3) is 0.0490. The van der Waals surface area contributed by atoms with Crippen molar-refractivity contribution in [3.8, 4) is 45.6 Å². The summed E-state index contributed by atoms with van der Waals surface area (Å²) >= 11 is 0. The number of nitrogens with two attached hydrogens (primary N) is 3. The summed E-state index contributed by atoms with van der Waals surface area (Å²) in [5, 5.41) is 41.5. The van der Waals surface area contributed by atoms with E-state index in [9.17, 15) is 28.8 Å². The maximum absolute atomic E-state index is 12.7. The number of allylic oxidation sites excluding steroid dienone is 1. The number of hydrogen-bond acceptors (Lipinski definition) is 32. The molecule has 724 valence electrons. The molecular formula is C102H91K2N29O13. The van der Waals surface area contributed by atoms with Gasteiger partial charge in [-0.3, -0.25) is 46.4 Å². The Balaban J connectivity index is 0.000000181. The van der Waals surface area contributed by atoms with Crippen LogP contribution in [0.5, 0.6) is 0 Å². The van der Waals surface area contributed by atoms with E-state index in [4.69, 9.17) is 42.3 Å². The minimum atomic E-state index is -0.982. The van der Waals surface area contributed by atoms with Crippen molar-refractivity contribution < 1.29 is 168 Å². The number of carbonyl (C=O) groups excluding carboxylic acids is 6. The van der Waals surface area contributed by atoms with Crippen LogP contribution in [0.1, 0.15) is 71.1 Å². The number of rotatable bonds is 23. The van der Waals surface area contributed by atoms with E-state index < -0.39 is 23.8 Å². The van der Waals surface area contributed by atoms with Crippen LogP contribution in [0.2, 0.25) is 0 Å². The number of hydrogen-bond donors (Lipinski definition) is 11. The molecule has 0 spiro atoms. The van der Waals surface area contributed by atoms with Crippen molar-refractivity contribution >= 4 is 140 Å². The monoisotopic (exact) mass is 2010 g/mol. The molecule has 0 fully saturated rings. The predicted molar refractivity (Wildman–Crippen MR) is 541 cm³/mol. The van der Waals surface area contributed by atoms with Crippen molar-refractivity contribution in [3.05, 3.63) is 393 Å². The smallest absolute Gasteiger partial charge is 1.00 e. The van der Waals surface area contributed by atoms with Gasteiger partial charge in [0.05, 0.1) is 125 Å². The Hall–Kier alpha value is -17.4. The number of anilines is 10. The number of guanidine groups is 1. The molecule has 0 aliphatic heterocycles. The van der Waals surface area contributed by atoms with Crippen molar-refractivity contribution in [1.82, 2.24) is 97.2 Å². The van der Waals surface area contributed by atoms with Gasteiger partial charge in [-0.2, -0.15) is 0 Å². The van der Waals surface area contributed by atoms with Gasteiger partial charge in [-0.05, 0) is 188 Å². The number of methoxy groups -OCH3 is 2. The number of imidazole rings is 5. The molecule has 0 unspecified atom stereocenters. The average molecular weight is 2010 g/mol. The number of aliphatic imine (C=N–C) groups is 1. The first-order valence-corrected chi connectivity index (χ1v) is 42.8. The molecule has 0 radical (unpaired) electrons. The van der Waals surface area contributed by atoms with Crippen LogP contribution in [0.25, 0.3) is 73.8 Å². The minimum absolute atomic E-state index is 0. The molecule has 0 saturated heterocycles. The average Bonchev–Trinajstić information content (AvgIpc) is 1.69. The van der Waals surface area contributed by atoms with Gasteiger partial charge in [-0.15, -0.1) is 0 Å². The van der Waals surface area contributed by atoms with Crippen molar-refractivity contribution in [1.29, 1.82) is 0 Å². The molecule has 0 bridgehead atoms. The van der Waals surface area contributed by atoms with Gasteiger partial charge in [-0.1, -0.05) is 80.2 Å². The largest absolute Gasteiger partial charge is 1.00 e. The Kier molecular flexibility index (Phi) is 40.3. The zero-order valence-electron chi connectivity index (χ0n) is 79.2. The number of esters is 2. The van der Waals surface area contributed by atoms with Gasteiger partial charge in [-0.25, -0.2) is 89.6 Å². The second-order valence-electron chi connectivity index (χ2n) is 29.9. The number of carboxylic acids is 1. The van der Waals surface area contributed by atoms with Crippen LogP contribution in [0.3, 0.4) is 0 Å². The van der Waals surface area contributed by atoms with Crippen LogP contribution in [0.15, 0.2) is 365 Å². The van der Waals surface area contributed by atoms with E-state index in [0.717, 1.165) is 62.4 Å². The molecule has 0 aliphatic carbocycles. The predicted octanol–water partition coefficient (Wildman–Crippen LogP) is 8.74. The molecule has 146 heavy (non-hydrogen) atoms. The number of nitrogen functional groups attached to an aromatic ring is 1. The molecule has 42 nitrogen and oxygen atoms in total. The molecule has 0 saturated carbocycles. The molecule has 20 rings (SSSR count). The Morgan fingerprint density at radius 3 is 1.11 bits per heavy atom. The van der Waals surface area contributed by atoms with Gasteiger partial charge in [0, 0.05) is 116 Å². The Morgan fingerprint density at radius 2 is 0.747 bits per heavy atom. The second kappa shape index (κ2) is 54.0. The molecule has 0 aliphatic rings. The van der Waals surface area contributed by atoms with Gasteiger partial charge in [0.1, 0.15) is 33.9 Å². The third-order valence-electron chi connectivity index (χ3n) is 20.1. The Labute approximate surface area is 919 Å². The van der Waals surface area contributed by atoms with Gasteiger partial charge in [0.15, 0.2) is 5.96 Å². The van der Waals surface area contributed by atoms with Crippen LogP contribution in [0, 0.1) is 0 Å². The van der Waals surface area contributed by atoms with Crippen LogP contribution in [-0.4, -0.2) is 178 Å². The van der Waals surface area contributed by atoms with E-state index >= 15 is 0 Å². The summed E-state index contributed by atoms with van der Waals surface area (Å²) in [4.78, 5) is 144. The zero-order chi connectivity index (χ0) is 101. The van der Waals surface area contributed by atoms with E-state index in [-0.39, 0.29) is 141 Å². The summed E-state index contributed by atoms with van der Waals surface area (Å²) < 4.78 is 18.9. The first-order chi connectivity index (χ1) is 69.6. The summed E-state index contributed by atoms with van der Waals surface area (Å²) in [6, 6.07) is 77.0. The number of nitrogens with zero attached hydrogens (tertiary/aromatic N) is 20. The third-order valence-corrected chi connectivity index (χ3v) is 20.1. The number of ketones is 1. The first kappa shape index (κ1) is 109. The van der Waals surface area contributed by atoms with Gasteiger partial charge >= 0.3 is 121 Å². The quantitative estimate of drug-likeness (QED) is 0.00243. The molecule has 14 aromatic heterocycles. The zero-order valence-corrected chi connectivity index (χ0v) is 84.4. The Morgan fingerprint density at radius 1 is 0.418 bits per heavy atom. The summed E-state index contributed by atoms with van der Waals surface area (Å²) in [6.45, 7) is -0.181. The second-order valence-corrected chi connectivity index (χ2v) is 29.9. The number of hydroxylamine groups is 1. The molecule has 44 heteroatoms. The van der Waals surface area contributed by atoms with Crippen LogP contribution >= 0.6 is 0 Å². The summed E-state index contributed by atoms with van der Waals surface area (Å²) in [5.74, 6) is -1.13. The van der Waals surface area contributed by atoms with Crippen molar-refractivity contribution in [2.45, 2.75) is 7.43 Å². The number of aromatic carboxylic acids is 1. The number of fused-ring (bicyclic) bond motifs is 5. The van der Waals surface area contributed by atoms with E-state index in [0.29, 0.717) is 103 Å². The van der Waals surface area contributed by atoms with Crippen molar-refractivity contribution in [3.63, 3.8) is 0 Å². The topological polar surface area (TPSA) is 566 Å². The first-order valence-electron chi connectivity index (χ1n) is 42.8. The van der Waals surface area contributed by atoms with Crippen LogP contribution in [-0.2, 0) is 19.2 Å². The molecule has 6 aromatic carbocycles. The molecular weight excluding hydrogens is 1920 g/mol. The number of ether oxygens (including phenoxy) is 2. The fourth-order valence-electron chi connectivity index (χ4n) is 13.6. The van der Waals surface area contributed by atoms with Crippen molar-refractivity contribution in [2.75, 3.05) is 60.6 Å². The number of para-hydroxylation sites is 2. The molecule has 20 aromatic rings. The van der Waals surface area contributed by atoms with Crippen LogP contribution < -0.4 is 157 Å². The molecule has 2 amide bonds. The van der Waals surface area contributed by atoms with E-state index in [2.05, 4.69) is 106 Å². The van der Waals surface area contributed by atoms with Gasteiger partial charge < -0.3 is 74.8 Å².